The SMILES string of the molecule is CCCCN(CCO)C(=O)c1cc([N+](=O)[O-])cc(C)c1F. The maximum atomic E-state index is 14.1. The van der Waals surface area contributed by atoms with Crippen molar-refractivity contribution >= 4 is 11.6 Å². The number of aryl methyl sites for hydroxylation is 1. The van der Waals surface area contributed by atoms with Crippen LogP contribution in [-0.4, -0.2) is 40.5 Å². The van der Waals surface area contributed by atoms with E-state index in [9.17, 15) is 19.3 Å². The van der Waals surface area contributed by atoms with Gasteiger partial charge in [-0.3, -0.25) is 14.9 Å². The molecule has 0 bridgehead atoms. The molecule has 0 heterocycles. The van der Waals surface area contributed by atoms with Gasteiger partial charge in [-0.25, -0.2) is 4.39 Å². The largest absolute Gasteiger partial charge is 0.395 e. The predicted octanol–water partition coefficient (Wildman–Crippen LogP) is 2.28. The van der Waals surface area contributed by atoms with Crippen molar-refractivity contribution in [3.63, 3.8) is 0 Å². The van der Waals surface area contributed by atoms with Crippen molar-refractivity contribution in [3.8, 4) is 0 Å². The zero-order valence-electron chi connectivity index (χ0n) is 12.1. The van der Waals surface area contributed by atoms with Gasteiger partial charge in [0.15, 0.2) is 0 Å². The van der Waals surface area contributed by atoms with Gasteiger partial charge in [-0.2, -0.15) is 0 Å². The van der Waals surface area contributed by atoms with Gasteiger partial charge in [0, 0.05) is 25.2 Å². The maximum absolute atomic E-state index is 14.1. The molecule has 1 aromatic carbocycles. The standard InChI is InChI=1S/C14H19FN2O4/c1-3-4-5-16(6-7-18)14(19)12-9-11(17(20)21)8-10(2)13(12)15/h8-9,18H,3-7H2,1-2H3. The second kappa shape index (κ2) is 7.68. The average Bonchev–Trinajstić information content (AvgIpc) is 2.45. The van der Waals surface area contributed by atoms with Crippen LogP contribution in [0.25, 0.3) is 0 Å². The van der Waals surface area contributed by atoms with Crippen molar-refractivity contribution in [2.75, 3.05) is 19.7 Å². The molecule has 0 saturated heterocycles. The Balaban J connectivity index is 3.16. The third-order valence-electron chi connectivity index (χ3n) is 3.12. The smallest absolute Gasteiger partial charge is 0.270 e. The van der Waals surface area contributed by atoms with E-state index in [-0.39, 0.29) is 30.0 Å². The minimum absolute atomic E-state index is 0.0481. The number of amides is 1. The molecule has 0 unspecified atom stereocenters. The highest BCUT2D eigenvalue weighted by Gasteiger charge is 2.23. The molecule has 0 aliphatic rings. The van der Waals surface area contributed by atoms with Crippen LogP contribution < -0.4 is 0 Å². The Morgan fingerprint density at radius 2 is 2.10 bits per heavy atom. The lowest BCUT2D eigenvalue weighted by Gasteiger charge is -2.22. The van der Waals surface area contributed by atoms with Crippen molar-refractivity contribution in [3.05, 3.63) is 39.2 Å². The molecule has 1 N–H and O–H groups in total. The predicted molar refractivity (Wildman–Crippen MR) is 75.7 cm³/mol. The summed E-state index contributed by atoms with van der Waals surface area (Å²) in [5.41, 5.74) is -0.602. The van der Waals surface area contributed by atoms with Gasteiger partial charge < -0.3 is 10.0 Å². The van der Waals surface area contributed by atoms with E-state index in [4.69, 9.17) is 5.11 Å². The van der Waals surface area contributed by atoms with Crippen molar-refractivity contribution in [2.45, 2.75) is 26.7 Å². The number of rotatable bonds is 7. The molecule has 116 valence electrons. The summed E-state index contributed by atoms with van der Waals surface area (Å²) in [5.74, 6) is -1.40. The summed E-state index contributed by atoms with van der Waals surface area (Å²) in [5, 5.41) is 19.8. The van der Waals surface area contributed by atoms with Crippen LogP contribution >= 0.6 is 0 Å². The van der Waals surface area contributed by atoms with Gasteiger partial charge in [0.2, 0.25) is 0 Å². The lowest BCUT2D eigenvalue weighted by Crippen LogP contribution is -2.35. The highest BCUT2D eigenvalue weighted by atomic mass is 19.1. The quantitative estimate of drug-likeness (QED) is 0.618. The lowest BCUT2D eigenvalue weighted by atomic mass is 10.1. The van der Waals surface area contributed by atoms with Gasteiger partial charge in [-0.1, -0.05) is 13.3 Å². The molecule has 0 aromatic heterocycles. The van der Waals surface area contributed by atoms with Crippen LogP contribution in [0.3, 0.4) is 0 Å². The van der Waals surface area contributed by atoms with Crippen LogP contribution in [0.4, 0.5) is 10.1 Å². The summed E-state index contributed by atoms with van der Waals surface area (Å²) in [6, 6.07) is 2.04. The van der Waals surface area contributed by atoms with E-state index in [0.29, 0.717) is 13.0 Å². The van der Waals surface area contributed by atoms with Crippen molar-refractivity contribution in [1.82, 2.24) is 4.90 Å². The van der Waals surface area contributed by atoms with Crippen molar-refractivity contribution < 1.29 is 19.2 Å². The average molecular weight is 298 g/mol. The van der Waals surface area contributed by atoms with Crippen LogP contribution in [-0.2, 0) is 0 Å². The Kier molecular flexibility index (Phi) is 6.23. The Labute approximate surface area is 122 Å². The highest BCUT2D eigenvalue weighted by Crippen LogP contribution is 2.22. The lowest BCUT2D eigenvalue weighted by molar-refractivity contribution is -0.385. The van der Waals surface area contributed by atoms with Crippen molar-refractivity contribution in [2.24, 2.45) is 0 Å². The Morgan fingerprint density at radius 1 is 1.43 bits per heavy atom. The summed E-state index contributed by atoms with van der Waals surface area (Å²) in [6.07, 6.45) is 1.55. The number of benzene rings is 1. The number of aliphatic hydroxyl groups is 1. The normalized spacial score (nSPS) is 10.5. The second-order valence-electron chi connectivity index (χ2n) is 4.75. The number of hydrogen-bond acceptors (Lipinski definition) is 4. The maximum Gasteiger partial charge on any atom is 0.270 e. The van der Waals surface area contributed by atoms with Crippen LogP contribution in [0.15, 0.2) is 12.1 Å². The van der Waals surface area contributed by atoms with E-state index >= 15 is 0 Å². The van der Waals surface area contributed by atoms with E-state index in [1.807, 2.05) is 6.92 Å². The molecule has 0 aliphatic heterocycles. The zero-order valence-corrected chi connectivity index (χ0v) is 12.1. The molecule has 7 heteroatoms. The summed E-state index contributed by atoms with van der Waals surface area (Å²) in [7, 11) is 0. The van der Waals surface area contributed by atoms with E-state index < -0.39 is 16.6 Å². The van der Waals surface area contributed by atoms with E-state index in [0.717, 1.165) is 18.6 Å². The molecular weight excluding hydrogens is 279 g/mol. The summed E-state index contributed by atoms with van der Waals surface area (Å²) in [4.78, 5) is 23.8. The summed E-state index contributed by atoms with van der Waals surface area (Å²) < 4.78 is 14.1. The first-order valence-corrected chi connectivity index (χ1v) is 6.77. The molecule has 1 amide bonds. The topological polar surface area (TPSA) is 83.7 Å². The second-order valence-corrected chi connectivity index (χ2v) is 4.75. The van der Waals surface area contributed by atoms with E-state index in [1.165, 1.54) is 11.8 Å². The molecule has 0 fully saturated rings. The van der Waals surface area contributed by atoms with Crippen LogP contribution in [0.2, 0.25) is 0 Å². The molecule has 21 heavy (non-hydrogen) atoms. The monoisotopic (exact) mass is 298 g/mol. The van der Waals surface area contributed by atoms with Crippen LogP contribution in [0, 0.1) is 22.9 Å². The number of non-ortho nitro benzene ring substituents is 1. The van der Waals surface area contributed by atoms with Gasteiger partial charge in [0.25, 0.3) is 11.6 Å². The molecule has 0 atom stereocenters. The van der Waals surface area contributed by atoms with E-state index in [2.05, 4.69) is 0 Å². The molecule has 1 aromatic rings. The third kappa shape index (κ3) is 4.22. The molecular formula is C14H19FN2O4. The number of nitro benzene ring substituents is 1. The molecule has 0 aliphatic carbocycles. The fourth-order valence-electron chi connectivity index (χ4n) is 1.97. The fourth-order valence-corrected chi connectivity index (χ4v) is 1.97. The van der Waals surface area contributed by atoms with Crippen molar-refractivity contribution in [1.29, 1.82) is 0 Å². The molecule has 6 nitrogen and oxygen atoms in total. The molecule has 0 spiro atoms. The number of hydrogen-bond donors (Lipinski definition) is 1. The minimum atomic E-state index is -0.759. The van der Waals surface area contributed by atoms with Gasteiger partial charge in [-0.05, 0) is 18.9 Å². The zero-order chi connectivity index (χ0) is 16.0. The highest BCUT2D eigenvalue weighted by molar-refractivity contribution is 5.95. The van der Waals surface area contributed by atoms with Crippen LogP contribution in [0.1, 0.15) is 35.7 Å². The Morgan fingerprint density at radius 3 is 2.62 bits per heavy atom. The Bertz CT molecular complexity index is 534. The molecule has 1 rings (SSSR count). The summed E-state index contributed by atoms with van der Waals surface area (Å²) in [6.45, 7) is 3.52. The molecule has 0 saturated carbocycles. The number of carbonyl (C=O) groups is 1. The fraction of sp³-hybridized carbons (Fsp3) is 0.500. The van der Waals surface area contributed by atoms with Gasteiger partial charge in [0.1, 0.15) is 5.82 Å². The molecule has 0 radical (unpaired) electrons. The third-order valence-corrected chi connectivity index (χ3v) is 3.12. The van der Waals surface area contributed by atoms with Gasteiger partial charge in [-0.15, -0.1) is 0 Å². The number of halogens is 1. The first-order chi connectivity index (χ1) is 9.92. The van der Waals surface area contributed by atoms with Gasteiger partial charge >= 0.3 is 0 Å². The number of carbonyl (C=O) groups excluding carboxylic acids is 1. The van der Waals surface area contributed by atoms with E-state index in [1.54, 1.807) is 0 Å². The number of aliphatic hydroxyl groups excluding tert-OH is 1. The number of nitro groups is 1. The Hall–Kier alpha value is -2.02. The first kappa shape index (κ1) is 17.0. The summed E-state index contributed by atoms with van der Waals surface area (Å²) >= 11 is 0. The first-order valence-electron chi connectivity index (χ1n) is 6.77. The minimum Gasteiger partial charge on any atom is -0.395 e. The van der Waals surface area contributed by atoms with Crippen LogP contribution in [0.5, 0.6) is 0 Å². The van der Waals surface area contributed by atoms with Gasteiger partial charge in [0.05, 0.1) is 17.1 Å². The number of unbranched alkanes of at least 4 members (excludes halogenated alkanes) is 1. The number of nitrogens with zero attached hydrogens (tertiary/aromatic N) is 2.